The zero-order valence-electron chi connectivity index (χ0n) is 14.1. The Morgan fingerprint density at radius 1 is 1.14 bits per heavy atom. The lowest BCUT2D eigenvalue weighted by molar-refractivity contribution is 0.283. The molecule has 1 aromatic rings. The zero-order chi connectivity index (χ0) is 16.3. The molecule has 1 aliphatic rings. The average molecular weight is 325 g/mol. The lowest BCUT2D eigenvalue weighted by Crippen LogP contribution is -2.38. The van der Waals surface area contributed by atoms with E-state index in [2.05, 4.69) is 0 Å². The highest BCUT2D eigenvalue weighted by Gasteiger charge is 2.31. The van der Waals surface area contributed by atoms with Crippen molar-refractivity contribution in [3.63, 3.8) is 0 Å². The number of aryl methyl sites for hydroxylation is 2. The summed E-state index contributed by atoms with van der Waals surface area (Å²) >= 11 is 0. The lowest BCUT2D eigenvalue weighted by atomic mass is 9.96. The fraction of sp³-hybridized carbons (Fsp3) is 0.647. The van der Waals surface area contributed by atoms with Gasteiger partial charge in [-0.3, -0.25) is 0 Å². The van der Waals surface area contributed by atoms with Crippen LogP contribution in [-0.2, 0) is 10.0 Å². The van der Waals surface area contributed by atoms with Crippen LogP contribution in [0.2, 0.25) is 0 Å². The van der Waals surface area contributed by atoms with Gasteiger partial charge in [0.1, 0.15) is 10.6 Å². The summed E-state index contributed by atoms with van der Waals surface area (Å²) in [6, 6.07) is 3.69. The Morgan fingerprint density at radius 3 is 2.32 bits per heavy atom. The normalized spacial score (nSPS) is 17.0. The van der Waals surface area contributed by atoms with Gasteiger partial charge in [-0.25, -0.2) is 8.42 Å². The molecule has 2 rings (SSSR count). The first kappa shape index (κ1) is 17.3. The first-order valence-electron chi connectivity index (χ1n) is 8.10. The third kappa shape index (κ3) is 3.46. The Kier molecular flexibility index (Phi) is 5.50. The van der Waals surface area contributed by atoms with Crippen LogP contribution in [0.5, 0.6) is 5.75 Å². The van der Waals surface area contributed by atoms with E-state index in [4.69, 9.17) is 4.74 Å². The minimum atomic E-state index is -3.52. The fourth-order valence-corrected chi connectivity index (χ4v) is 4.64. The van der Waals surface area contributed by atoms with Crippen molar-refractivity contribution >= 4 is 10.0 Å². The molecule has 0 aromatic heterocycles. The van der Waals surface area contributed by atoms with Gasteiger partial charge in [0, 0.05) is 13.1 Å². The van der Waals surface area contributed by atoms with Crippen LogP contribution < -0.4 is 4.74 Å². The van der Waals surface area contributed by atoms with Gasteiger partial charge in [0.05, 0.1) is 6.61 Å². The summed E-state index contributed by atoms with van der Waals surface area (Å²) in [4.78, 5) is 0.297. The summed E-state index contributed by atoms with van der Waals surface area (Å²) in [7, 11) is -1.82. The second-order valence-electron chi connectivity index (χ2n) is 6.13. The van der Waals surface area contributed by atoms with Gasteiger partial charge in [0.2, 0.25) is 10.0 Å². The molecular weight excluding hydrogens is 298 g/mol. The maximum Gasteiger partial charge on any atom is 0.246 e. The summed E-state index contributed by atoms with van der Waals surface area (Å²) in [6.07, 6.45) is 5.32. The summed E-state index contributed by atoms with van der Waals surface area (Å²) in [5.74, 6) is 0.466. The van der Waals surface area contributed by atoms with E-state index in [0.717, 1.165) is 36.8 Å². The lowest BCUT2D eigenvalue weighted by Gasteiger charge is -2.31. The molecule has 1 saturated carbocycles. The van der Waals surface area contributed by atoms with Crippen LogP contribution in [0, 0.1) is 13.8 Å². The molecule has 0 unspecified atom stereocenters. The molecule has 5 heteroatoms. The van der Waals surface area contributed by atoms with Crippen molar-refractivity contribution in [1.82, 2.24) is 4.31 Å². The molecule has 22 heavy (non-hydrogen) atoms. The van der Waals surface area contributed by atoms with E-state index < -0.39 is 10.0 Å². The minimum absolute atomic E-state index is 0.106. The van der Waals surface area contributed by atoms with Crippen molar-refractivity contribution in [2.45, 2.75) is 63.8 Å². The van der Waals surface area contributed by atoms with Crippen LogP contribution >= 0.6 is 0 Å². The second kappa shape index (κ2) is 7.01. The Balaban J connectivity index is 2.41. The molecule has 4 nitrogen and oxygen atoms in total. The van der Waals surface area contributed by atoms with Crippen molar-refractivity contribution in [2.75, 3.05) is 13.7 Å². The van der Waals surface area contributed by atoms with Crippen molar-refractivity contribution in [3.05, 3.63) is 23.3 Å². The van der Waals surface area contributed by atoms with Crippen LogP contribution in [0.3, 0.4) is 0 Å². The van der Waals surface area contributed by atoms with Crippen LogP contribution in [0.25, 0.3) is 0 Å². The van der Waals surface area contributed by atoms with E-state index in [1.54, 1.807) is 17.4 Å². The van der Waals surface area contributed by atoms with Crippen LogP contribution in [-0.4, -0.2) is 32.4 Å². The number of hydrogen-bond donors (Lipinski definition) is 0. The summed E-state index contributed by atoms with van der Waals surface area (Å²) in [5.41, 5.74) is 2.02. The largest absolute Gasteiger partial charge is 0.492 e. The van der Waals surface area contributed by atoms with Gasteiger partial charge >= 0.3 is 0 Å². The van der Waals surface area contributed by atoms with Crippen molar-refractivity contribution in [1.29, 1.82) is 0 Å². The van der Waals surface area contributed by atoms with E-state index in [-0.39, 0.29) is 6.04 Å². The van der Waals surface area contributed by atoms with Crippen LogP contribution in [0.15, 0.2) is 17.0 Å². The second-order valence-corrected chi connectivity index (χ2v) is 8.10. The van der Waals surface area contributed by atoms with E-state index in [1.165, 1.54) is 6.42 Å². The molecule has 1 aromatic carbocycles. The average Bonchev–Trinajstić information content (AvgIpc) is 2.51. The minimum Gasteiger partial charge on any atom is -0.492 e. The van der Waals surface area contributed by atoms with E-state index in [1.807, 2.05) is 26.8 Å². The smallest absolute Gasteiger partial charge is 0.246 e. The predicted molar refractivity (Wildman–Crippen MR) is 88.9 cm³/mol. The first-order chi connectivity index (χ1) is 10.4. The third-order valence-corrected chi connectivity index (χ3v) is 6.54. The predicted octanol–water partition coefficient (Wildman–Crippen LogP) is 3.66. The number of rotatable bonds is 5. The molecule has 0 saturated heterocycles. The molecule has 0 heterocycles. The van der Waals surface area contributed by atoms with Crippen molar-refractivity contribution in [2.24, 2.45) is 0 Å². The van der Waals surface area contributed by atoms with E-state index in [9.17, 15) is 8.42 Å². The number of hydrogen-bond acceptors (Lipinski definition) is 3. The highest BCUT2D eigenvalue weighted by Crippen LogP contribution is 2.32. The van der Waals surface area contributed by atoms with E-state index >= 15 is 0 Å². The molecule has 124 valence electrons. The van der Waals surface area contributed by atoms with Crippen LogP contribution in [0.4, 0.5) is 0 Å². The Morgan fingerprint density at radius 2 is 1.73 bits per heavy atom. The molecule has 0 atom stereocenters. The van der Waals surface area contributed by atoms with Gasteiger partial charge in [-0.15, -0.1) is 0 Å². The molecule has 1 fully saturated rings. The third-order valence-electron chi connectivity index (χ3n) is 4.61. The molecule has 0 N–H and O–H groups in total. The van der Waals surface area contributed by atoms with Crippen molar-refractivity contribution < 1.29 is 13.2 Å². The number of nitrogens with zero attached hydrogens (tertiary/aromatic N) is 1. The molecular formula is C17H27NO3S. The summed E-state index contributed by atoms with van der Waals surface area (Å²) in [5, 5.41) is 0. The topological polar surface area (TPSA) is 46.6 Å². The molecule has 0 spiro atoms. The SMILES string of the molecule is CCOc1cc(C)c(C)cc1S(=O)(=O)N(C)C1CCCCC1. The molecule has 0 radical (unpaired) electrons. The maximum absolute atomic E-state index is 13.0. The number of ether oxygens (including phenoxy) is 1. The van der Waals surface area contributed by atoms with Crippen molar-refractivity contribution in [3.8, 4) is 5.75 Å². The summed E-state index contributed by atoms with van der Waals surface area (Å²) < 4.78 is 33.2. The fourth-order valence-electron chi connectivity index (χ4n) is 3.03. The standard InChI is InChI=1S/C17H27NO3S/c1-5-21-16-11-13(2)14(3)12-17(16)22(19,20)18(4)15-9-7-6-8-10-15/h11-12,15H,5-10H2,1-4H3. The van der Waals surface area contributed by atoms with Crippen LogP contribution in [0.1, 0.15) is 50.2 Å². The van der Waals surface area contributed by atoms with Gasteiger partial charge in [-0.1, -0.05) is 19.3 Å². The van der Waals surface area contributed by atoms with Gasteiger partial charge in [0.25, 0.3) is 0 Å². The Bertz CT molecular complexity index is 619. The number of benzene rings is 1. The number of sulfonamides is 1. The monoisotopic (exact) mass is 325 g/mol. The highest BCUT2D eigenvalue weighted by atomic mass is 32.2. The van der Waals surface area contributed by atoms with E-state index in [0.29, 0.717) is 17.3 Å². The molecule has 0 aliphatic heterocycles. The maximum atomic E-state index is 13.0. The summed E-state index contributed by atoms with van der Waals surface area (Å²) in [6.45, 7) is 6.23. The van der Waals surface area contributed by atoms with Gasteiger partial charge in [0.15, 0.2) is 0 Å². The van der Waals surface area contributed by atoms with Gasteiger partial charge in [-0.2, -0.15) is 4.31 Å². The quantitative estimate of drug-likeness (QED) is 0.830. The molecule has 1 aliphatic carbocycles. The Labute approximate surface area is 134 Å². The highest BCUT2D eigenvalue weighted by molar-refractivity contribution is 7.89. The van der Waals surface area contributed by atoms with Gasteiger partial charge < -0.3 is 4.74 Å². The van der Waals surface area contributed by atoms with Gasteiger partial charge in [-0.05, 0) is 56.9 Å². The first-order valence-corrected chi connectivity index (χ1v) is 9.54. The molecule has 0 amide bonds. The zero-order valence-corrected chi connectivity index (χ0v) is 14.9. The molecule has 0 bridgehead atoms. The Hall–Kier alpha value is -1.07.